The maximum absolute atomic E-state index is 4.69. The number of hydrogen-bond donors (Lipinski definition) is 1. The van der Waals surface area contributed by atoms with Gasteiger partial charge in [0.2, 0.25) is 0 Å². The zero-order valence-electron chi connectivity index (χ0n) is 13.9. The molecule has 3 unspecified atom stereocenters. The van der Waals surface area contributed by atoms with Gasteiger partial charge in [-0.05, 0) is 55.1 Å². The van der Waals surface area contributed by atoms with E-state index in [0.717, 1.165) is 5.92 Å². The van der Waals surface area contributed by atoms with Crippen LogP contribution in [0.3, 0.4) is 0 Å². The molecule has 0 amide bonds. The molecule has 21 heavy (non-hydrogen) atoms. The second-order valence-corrected chi connectivity index (χ2v) is 8.02. The van der Waals surface area contributed by atoms with E-state index < -0.39 is 0 Å². The maximum atomic E-state index is 4.69. The van der Waals surface area contributed by atoms with Gasteiger partial charge in [0.25, 0.3) is 0 Å². The Balaban J connectivity index is 1.77. The van der Waals surface area contributed by atoms with Gasteiger partial charge in [0.1, 0.15) is 0 Å². The van der Waals surface area contributed by atoms with Crippen molar-refractivity contribution in [2.75, 3.05) is 0 Å². The van der Waals surface area contributed by atoms with Crippen molar-refractivity contribution < 1.29 is 0 Å². The van der Waals surface area contributed by atoms with Crippen molar-refractivity contribution in [1.82, 2.24) is 10.3 Å². The quantitative estimate of drug-likeness (QED) is 0.855. The molecular formula is C19H30N2. The Kier molecular flexibility index (Phi) is 4.35. The van der Waals surface area contributed by atoms with Crippen molar-refractivity contribution in [1.29, 1.82) is 0 Å². The highest BCUT2D eigenvalue weighted by atomic mass is 15.0. The summed E-state index contributed by atoms with van der Waals surface area (Å²) in [6.45, 7) is 7.22. The van der Waals surface area contributed by atoms with E-state index in [1.165, 1.54) is 56.2 Å². The van der Waals surface area contributed by atoms with Crippen LogP contribution >= 0.6 is 0 Å². The van der Waals surface area contributed by atoms with Crippen LogP contribution in [0, 0.1) is 11.3 Å². The van der Waals surface area contributed by atoms with Gasteiger partial charge in [-0.1, -0.05) is 39.7 Å². The molecule has 2 nitrogen and oxygen atoms in total. The number of pyridine rings is 1. The fourth-order valence-electron chi connectivity index (χ4n) is 4.40. The van der Waals surface area contributed by atoms with Gasteiger partial charge in [-0.25, -0.2) is 0 Å². The first-order valence-electron chi connectivity index (χ1n) is 8.75. The van der Waals surface area contributed by atoms with E-state index >= 15 is 0 Å². The van der Waals surface area contributed by atoms with Crippen LogP contribution < -0.4 is 5.32 Å². The van der Waals surface area contributed by atoms with Crippen molar-refractivity contribution >= 4 is 0 Å². The van der Waals surface area contributed by atoms with Gasteiger partial charge in [0, 0.05) is 18.3 Å². The van der Waals surface area contributed by atoms with E-state index in [1.54, 1.807) is 0 Å². The van der Waals surface area contributed by atoms with Crippen LogP contribution in [0.1, 0.15) is 76.6 Å². The third-order valence-corrected chi connectivity index (χ3v) is 5.49. The summed E-state index contributed by atoms with van der Waals surface area (Å²) in [4.78, 5) is 4.69. The molecule has 1 saturated carbocycles. The highest BCUT2D eigenvalue weighted by Crippen LogP contribution is 2.39. The summed E-state index contributed by atoms with van der Waals surface area (Å²) in [6, 6.07) is 5.48. The second-order valence-electron chi connectivity index (χ2n) is 8.02. The zero-order chi connectivity index (χ0) is 14.9. The molecule has 0 spiro atoms. The molecule has 116 valence electrons. The second kappa shape index (κ2) is 6.08. The smallest absolute Gasteiger partial charge is 0.0605 e. The monoisotopic (exact) mass is 286 g/mol. The lowest BCUT2D eigenvalue weighted by atomic mass is 9.69. The minimum atomic E-state index is 0.402. The molecule has 3 rings (SSSR count). The number of nitrogens with zero attached hydrogens (tertiary/aromatic N) is 1. The molecule has 2 heteroatoms. The molecule has 1 heterocycles. The average Bonchev–Trinajstić information content (AvgIpc) is 2.47. The Labute approximate surface area is 129 Å². The number of aryl methyl sites for hydroxylation is 1. The molecule has 0 aliphatic heterocycles. The Bertz CT molecular complexity index is 475. The molecule has 1 aromatic heterocycles. The highest BCUT2D eigenvalue weighted by molar-refractivity contribution is 5.25. The summed E-state index contributed by atoms with van der Waals surface area (Å²) in [6.07, 6.45) is 11.2. The zero-order valence-corrected chi connectivity index (χ0v) is 13.9. The van der Waals surface area contributed by atoms with Gasteiger partial charge < -0.3 is 5.32 Å². The number of hydrogen-bond acceptors (Lipinski definition) is 2. The third kappa shape index (κ3) is 3.31. The fourth-order valence-corrected chi connectivity index (χ4v) is 4.40. The summed E-state index contributed by atoms with van der Waals surface area (Å²) in [5, 5.41) is 4.01. The van der Waals surface area contributed by atoms with Crippen LogP contribution in [0.25, 0.3) is 0 Å². The number of aromatic nitrogens is 1. The molecule has 0 radical (unpaired) electrons. The molecule has 1 fully saturated rings. The van der Waals surface area contributed by atoms with Gasteiger partial charge in [0.05, 0.1) is 5.69 Å². The first kappa shape index (κ1) is 15.0. The van der Waals surface area contributed by atoms with Crippen LogP contribution in [0.4, 0.5) is 0 Å². The minimum absolute atomic E-state index is 0.402. The van der Waals surface area contributed by atoms with Crippen molar-refractivity contribution in [3.8, 4) is 0 Å². The lowest BCUT2D eigenvalue weighted by molar-refractivity contribution is 0.120. The molecule has 1 N–H and O–H groups in total. The molecule has 3 atom stereocenters. The normalized spacial score (nSPS) is 30.0. The van der Waals surface area contributed by atoms with Crippen LogP contribution in [-0.2, 0) is 6.42 Å². The van der Waals surface area contributed by atoms with E-state index in [2.05, 4.69) is 38.2 Å². The van der Waals surface area contributed by atoms with E-state index in [0.29, 0.717) is 17.5 Å². The standard InChI is InChI=1S/C19H30N2/c1-19(2,3)15-10-4-5-11-16(15)21-17-12-6-8-14-9-7-13-20-18(14)17/h7,9,13,15-17,21H,4-6,8,10-12H2,1-3H3. The fraction of sp³-hybridized carbons (Fsp3) is 0.737. The van der Waals surface area contributed by atoms with E-state index in [1.807, 2.05) is 6.20 Å². The largest absolute Gasteiger partial charge is 0.306 e. The van der Waals surface area contributed by atoms with Crippen LogP contribution in [0.5, 0.6) is 0 Å². The van der Waals surface area contributed by atoms with E-state index in [9.17, 15) is 0 Å². The lowest BCUT2D eigenvalue weighted by Crippen LogP contribution is -2.46. The molecular weight excluding hydrogens is 256 g/mol. The number of rotatable bonds is 2. The summed E-state index contributed by atoms with van der Waals surface area (Å²) in [5.74, 6) is 0.792. The lowest BCUT2D eigenvalue weighted by Gasteiger charge is -2.43. The molecule has 2 aliphatic carbocycles. The van der Waals surface area contributed by atoms with Gasteiger partial charge in [-0.3, -0.25) is 4.98 Å². The summed E-state index contributed by atoms with van der Waals surface area (Å²) in [7, 11) is 0. The molecule has 0 saturated heterocycles. The Morgan fingerprint density at radius 1 is 1.10 bits per heavy atom. The number of fused-ring (bicyclic) bond motifs is 1. The molecule has 2 aliphatic rings. The van der Waals surface area contributed by atoms with Crippen molar-refractivity contribution in [3.63, 3.8) is 0 Å². The predicted molar refractivity (Wildman–Crippen MR) is 88.3 cm³/mol. The van der Waals surface area contributed by atoms with E-state index in [4.69, 9.17) is 4.98 Å². The van der Waals surface area contributed by atoms with Crippen molar-refractivity contribution in [2.24, 2.45) is 11.3 Å². The first-order valence-corrected chi connectivity index (χ1v) is 8.75. The van der Waals surface area contributed by atoms with Crippen molar-refractivity contribution in [2.45, 2.75) is 77.8 Å². The predicted octanol–water partition coefficient (Wildman–Crippen LogP) is 4.65. The Hall–Kier alpha value is -0.890. The molecule has 1 aromatic rings. The van der Waals surface area contributed by atoms with E-state index in [-0.39, 0.29) is 0 Å². The highest BCUT2D eigenvalue weighted by Gasteiger charge is 2.36. The molecule has 0 aromatic carbocycles. The minimum Gasteiger partial charge on any atom is -0.306 e. The van der Waals surface area contributed by atoms with Gasteiger partial charge in [0.15, 0.2) is 0 Å². The Morgan fingerprint density at radius 2 is 1.90 bits per heavy atom. The summed E-state index contributed by atoms with van der Waals surface area (Å²) in [5.41, 5.74) is 3.19. The van der Waals surface area contributed by atoms with Gasteiger partial charge >= 0.3 is 0 Å². The van der Waals surface area contributed by atoms with Gasteiger partial charge in [-0.15, -0.1) is 0 Å². The first-order chi connectivity index (χ1) is 10.1. The SMILES string of the molecule is CC(C)(C)C1CCCCC1NC1CCCc2cccnc21. The topological polar surface area (TPSA) is 24.9 Å². The third-order valence-electron chi connectivity index (χ3n) is 5.49. The summed E-state index contributed by atoms with van der Waals surface area (Å²) < 4.78 is 0. The maximum Gasteiger partial charge on any atom is 0.0605 e. The van der Waals surface area contributed by atoms with Gasteiger partial charge in [-0.2, -0.15) is 0 Å². The van der Waals surface area contributed by atoms with Crippen LogP contribution in [0.2, 0.25) is 0 Å². The summed E-state index contributed by atoms with van der Waals surface area (Å²) >= 11 is 0. The van der Waals surface area contributed by atoms with Crippen molar-refractivity contribution in [3.05, 3.63) is 29.6 Å². The Morgan fingerprint density at radius 3 is 2.71 bits per heavy atom. The number of nitrogens with one attached hydrogen (secondary N) is 1. The van der Waals surface area contributed by atoms with Crippen LogP contribution in [0.15, 0.2) is 18.3 Å². The van der Waals surface area contributed by atoms with Crippen LogP contribution in [-0.4, -0.2) is 11.0 Å². The molecule has 0 bridgehead atoms. The average molecular weight is 286 g/mol.